The van der Waals surface area contributed by atoms with Gasteiger partial charge in [-0.15, -0.1) is 11.6 Å². The van der Waals surface area contributed by atoms with Gasteiger partial charge < -0.3 is 10.1 Å². The van der Waals surface area contributed by atoms with Crippen LogP contribution in [0, 0.1) is 5.82 Å². The van der Waals surface area contributed by atoms with Crippen LogP contribution in [0.25, 0.3) is 0 Å². The van der Waals surface area contributed by atoms with Gasteiger partial charge in [0.2, 0.25) is 0 Å². The summed E-state index contributed by atoms with van der Waals surface area (Å²) in [4.78, 5) is 12.1. The molecule has 0 aliphatic carbocycles. The summed E-state index contributed by atoms with van der Waals surface area (Å²) in [5, 5.41) is 2.75. The van der Waals surface area contributed by atoms with Gasteiger partial charge in [-0.05, 0) is 42.3 Å². The first kappa shape index (κ1) is 15.3. The van der Waals surface area contributed by atoms with E-state index in [9.17, 15) is 9.18 Å². The van der Waals surface area contributed by atoms with Crippen molar-refractivity contribution in [2.24, 2.45) is 0 Å². The Morgan fingerprint density at radius 1 is 1.24 bits per heavy atom. The second kappa shape index (κ2) is 7.09. The van der Waals surface area contributed by atoms with Gasteiger partial charge in [-0.3, -0.25) is 4.79 Å². The van der Waals surface area contributed by atoms with E-state index in [1.807, 2.05) is 12.1 Å². The van der Waals surface area contributed by atoms with Gasteiger partial charge in [-0.2, -0.15) is 0 Å². The lowest BCUT2D eigenvalue weighted by molar-refractivity contribution is 0.102. The summed E-state index contributed by atoms with van der Waals surface area (Å²) in [6, 6.07) is 11.4. The van der Waals surface area contributed by atoms with Gasteiger partial charge in [0.15, 0.2) is 11.6 Å². The molecule has 0 spiro atoms. The Kier molecular flexibility index (Phi) is 5.17. The molecule has 0 atom stereocenters. The molecular formula is C16H15ClFNO2. The first-order chi connectivity index (χ1) is 10.1. The van der Waals surface area contributed by atoms with Gasteiger partial charge in [-0.25, -0.2) is 4.39 Å². The number of ether oxygens (including phenoxy) is 1. The molecule has 0 bridgehead atoms. The van der Waals surface area contributed by atoms with E-state index in [4.69, 9.17) is 16.3 Å². The van der Waals surface area contributed by atoms with Crippen LogP contribution in [0.4, 0.5) is 10.1 Å². The number of amides is 1. The van der Waals surface area contributed by atoms with Crippen molar-refractivity contribution in [3.05, 3.63) is 59.4 Å². The van der Waals surface area contributed by atoms with E-state index < -0.39 is 5.82 Å². The summed E-state index contributed by atoms with van der Waals surface area (Å²) < 4.78 is 18.2. The van der Waals surface area contributed by atoms with E-state index in [2.05, 4.69) is 5.32 Å². The average Bonchev–Trinajstić information content (AvgIpc) is 2.50. The van der Waals surface area contributed by atoms with Crippen LogP contribution in [0.15, 0.2) is 42.5 Å². The number of halogens is 2. The van der Waals surface area contributed by atoms with Crippen LogP contribution in [0.1, 0.15) is 15.9 Å². The van der Waals surface area contributed by atoms with E-state index in [1.54, 1.807) is 12.1 Å². The van der Waals surface area contributed by atoms with Crippen LogP contribution in [0.5, 0.6) is 5.75 Å². The van der Waals surface area contributed by atoms with Gasteiger partial charge in [0.25, 0.3) is 5.91 Å². The van der Waals surface area contributed by atoms with Gasteiger partial charge >= 0.3 is 0 Å². The van der Waals surface area contributed by atoms with Crippen molar-refractivity contribution in [1.29, 1.82) is 0 Å². The molecule has 2 rings (SSSR count). The number of rotatable bonds is 5. The number of alkyl halides is 1. The Morgan fingerprint density at radius 3 is 2.57 bits per heavy atom. The highest BCUT2D eigenvalue weighted by Crippen LogP contribution is 2.19. The monoisotopic (exact) mass is 307 g/mol. The molecule has 2 aromatic rings. The fourth-order valence-electron chi connectivity index (χ4n) is 1.87. The first-order valence-electron chi connectivity index (χ1n) is 6.44. The number of anilines is 1. The molecule has 1 amide bonds. The zero-order chi connectivity index (χ0) is 15.2. The highest BCUT2D eigenvalue weighted by Gasteiger charge is 2.10. The quantitative estimate of drug-likeness (QED) is 0.852. The van der Waals surface area contributed by atoms with Crippen LogP contribution in [0.2, 0.25) is 0 Å². The molecule has 2 aromatic carbocycles. The number of nitrogens with one attached hydrogen (secondary N) is 1. The molecule has 0 aromatic heterocycles. The molecule has 110 valence electrons. The Labute approximate surface area is 127 Å². The third-order valence-electron chi connectivity index (χ3n) is 3.01. The Balaban J connectivity index is 2.10. The number of hydrogen-bond donors (Lipinski definition) is 1. The van der Waals surface area contributed by atoms with Crippen LogP contribution >= 0.6 is 11.6 Å². The summed E-state index contributed by atoms with van der Waals surface area (Å²) in [5.41, 5.74) is 2.10. The van der Waals surface area contributed by atoms with Gasteiger partial charge in [0.1, 0.15) is 0 Å². The number of aryl methyl sites for hydroxylation is 1. The Morgan fingerprint density at radius 2 is 1.95 bits per heavy atom. The normalized spacial score (nSPS) is 10.2. The molecular weight excluding hydrogens is 293 g/mol. The zero-order valence-electron chi connectivity index (χ0n) is 11.5. The predicted molar refractivity (Wildman–Crippen MR) is 81.8 cm³/mol. The summed E-state index contributed by atoms with van der Waals surface area (Å²) in [7, 11) is 1.36. The van der Waals surface area contributed by atoms with Crippen LogP contribution in [0.3, 0.4) is 0 Å². The molecule has 0 fully saturated rings. The number of carbonyl (C=O) groups excluding carboxylic acids is 1. The molecule has 0 heterocycles. The summed E-state index contributed by atoms with van der Waals surface area (Å²) >= 11 is 5.67. The maximum atomic E-state index is 13.3. The topological polar surface area (TPSA) is 38.3 Å². The van der Waals surface area contributed by atoms with Gasteiger partial charge in [0, 0.05) is 17.1 Å². The molecule has 0 aliphatic heterocycles. The standard InChI is InChI=1S/C16H15ClFNO2/c1-21-15-10-12(4-7-14(15)18)16(20)19-13-5-2-11(3-6-13)8-9-17/h2-7,10H,8-9H2,1H3,(H,19,20). The maximum absolute atomic E-state index is 13.3. The number of carbonyl (C=O) groups is 1. The third-order valence-corrected chi connectivity index (χ3v) is 3.20. The summed E-state index contributed by atoms with van der Waals surface area (Å²) in [5.74, 6) is -0.223. The molecule has 5 heteroatoms. The largest absolute Gasteiger partial charge is 0.494 e. The average molecular weight is 308 g/mol. The van der Waals surface area contributed by atoms with Crippen LogP contribution in [-0.4, -0.2) is 18.9 Å². The second-order valence-corrected chi connectivity index (χ2v) is 4.82. The van der Waals surface area contributed by atoms with Gasteiger partial charge in [0.05, 0.1) is 7.11 Å². The number of hydrogen-bond acceptors (Lipinski definition) is 2. The fourth-order valence-corrected chi connectivity index (χ4v) is 2.09. The molecule has 3 nitrogen and oxygen atoms in total. The molecule has 0 radical (unpaired) electrons. The smallest absolute Gasteiger partial charge is 0.255 e. The van der Waals surface area contributed by atoms with E-state index in [1.165, 1.54) is 25.3 Å². The minimum atomic E-state index is -0.500. The van der Waals surface area contributed by atoms with Crippen LogP contribution < -0.4 is 10.1 Å². The van der Waals surface area contributed by atoms with Crippen molar-refractivity contribution in [3.8, 4) is 5.75 Å². The zero-order valence-corrected chi connectivity index (χ0v) is 12.3. The SMILES string of the molecule is COc1cc(C(=O)Nc2ccc(CCCl)cc2)ccc1F. The lowest BCUT2D eigenvalue weighted by Gasteiger charge is -2.08. The highest BCUT2D eigenvalue weighted by molar-refractivity contribution is 6.18. The number of benzene rings is 2. The van der Waals surface area contributed by atoms with Crippen molar-refractivity contribution in [2.75, 3.05) is 18.3 Å². The molecule has 0 aliphatic rings. The fraction of sp³-hybridized carbons (Fsp3) is 0.188. The lowest BCUT2D eigenvalue weighted by Crippen LogP contribution is -2.12. The van der Waals surface area contributed by atoms with Crippen molar-refractivity contribution in [3.63, 3.8) is 0 Å². The van der Waals surface area contributed by atoms with Crippen molar-refractivity contribution < 1.29 is 13.9 Å². The lowest BCUT2D eigenvalue weighted by atomic mass is 10.1. The van der Waals surface area contributed by atoms with E-state index in [-0.39, 0.29) is 11.7 Å². The summed E-state index contributed by atoms with van der Waals surface area (Å²) in [6.45, 7) is 0. The molecule has 0 unspecified atom stereocenters. The molecule has 21 heavy (non-hydrogen) atoms. The Hall–Kier alpha value is -2.07. The molecule has 0 saturated carbocycles. The third kappa shape index (κ3) is 3.95. The molecule has 1 N–H and O–H groups in total. The van der Waals surface area contributed by atoms with E-state index in [0.717, 1.165) is 12.0 Å². The van der Waals surface area contributed by atoms with E-state index >= 15 is 0 Å². The minimum absolute atomic E-state index is 0.0418. The highest BCUT2D eigenvalue weighted by atomic mass is 35.5. The molecule has 0 saturated heterocycles. The van der Waals surface area contributed by atoms with Crippen molar-refractivity contribution in [2.45, 2.75) is 6.42 Å². The maximum Gasteiger partial charge on any atom is 0.255 e. The second-order valence-electron chi connectivity index (χ2n) is 4.44. The predicted octanol–water partition coefficient (Wildman–Crippen LogP) is 3.87. The van der Waals surface area contributed by atoms with Crippen molar-refractivity contribution >= 4 is 23.2 Å². The van der Waals surface area contributed by atoms with E-state index in [0.29, 0.717) is 17.1 Å². The summed E-state index contributed by atoms with van der Waals surface area (Å²) in [6.07, 6.45) is 0.783. The van der Waals surface area contributed by atoms with Crippen LogP contribution in [-0.2, 0) is 6.42 Å². The van der Waals surface area contributed by atoms with Crippen molar-refractivity contribution in [1.82, 2.24) is 0 Å². The number of methoxy groups -OCH3 is 1. The van der Waals surface area contributed by atoms with Gasteiger partial charge in [-0.1, -0.05) is 12.1 Å². The first-order valence-corrected chi connectivity index (χ1v) is 6.97. The Bertz CT molecular complexity index is 629. The minimum Gasteiger partial charge on any atom is -0.494 e.